The highest BCUT2D eigenvalue weighted by Gasteiger charge is 2.30. The summed E-state index contributed by atoms with van der Waals surface area (Å²) in [5.74, 6) is 7.45. The molecule has 4 atom stereocenters. The lowest BCUT2D eigenvalue weighted by Gasteiger charge is -2.36. The number of benzene rings is 1. The number of nitrogens with two attached hydrogens (primary N) is 1. The lowest BCUT2D eigenvalue weighted by Crippen LogP contribution is -2.37. The molecule has 19 heavy (non-hydrogen) atoms. The van der Waals surface area contributed by atoms with Gasteiger partial charge in [-0.15, -0.1) is 0 Å². The van der Waals surface area contributed by atoms with Gasteiger partial charge in [0, 0.05) is 6.04 Å². The largest absolute Gasteiger partial charge is 0.271 e. The molecule has 1 aliphatic rings. The van der Waals surface area contributed by atoms with Crippen molar-refractivity contribution in [2.75, 3.05) is 0 Å². The van der Waals surface area contributed by atoms with E-state index in [9.17, 15) is 4.39 Å². The van der Waals surface area contributed by atoms with E-state index in [1.165, 1.54) is 6.42 Å². The molecule has 2 nitrogen and oxygen atoms in total. The molecular weight excluding hydrogens is 307 g/mol. The Hall–Kier alpha value is -0.450. The third-order valence-electron chi connectivity index (χ3n) is 4.59. The maximum Gasteiger partial charge on any atom is 0.137 e. The quantitative estimate of drug-likeness (QED) is 0.645. The summed E-state index contributed by atoms with van der Waals surface area (Å²) < 4.78 is 14.2. The number of hydrogen-bond acceptors (Lipinski definition) is 2. The highest BCUT2D eigenvalue weighted by molar-refractivity contribution is 9.10. The second-order valence-electron chi connectivity index (χ2n) is 5.85. The smallest absolute Gasteiger partial charge is 0.137 e. The molecule has 1 saturated carbocycles. The molecule has 0 aliphatic heterocycles. The SMILES string of the molecule is CC1CCC(C(NN)c2ccc(Br)c(F)c2)CC1C. The number of halogens is 2. The minimum absolute atomic E-state index is 0.0394. The molecule has 106 valence electrons. The molecule has 0 aromatic heterocycles. The van der Waals surface area contributed by atoms with Crippen molar-refractivity contribution in [3.63, 3.8) is 0 Å². The molecule has 2 rings (SSSR count). The first kappa shape index (κ1) is 14.9. The molecule has 1 aliphatic carbocycles. The predicted octanol–water partition coefficient (Wildman–Crippen LogP) is 4.16. The monoisotopic (exact) mass is 328 g/mol. The van der Waals surface area contributed by atoms with Crippen LogP contribution in [0, 0.1) is 23.6 Å². The highest BCUT2D eigenvalue weighted by atomic mass is 79.9. The standard InChI is InChI=1S/C15H22BrFN2/c1-9-3-4-11(7-10(9)2)15(19-18)12-5-6-13(16)14(17)8-12/h5-6,8-11,15,19H,3-4,7,18H2,1-2H3. The van der Waals surface area contributed by atoms with Crippen LogP contribution < -0.4 is 11.3 Å². The lowest BCUT2D eigenvalue weighted by molar-refractivity contribution is 0.171. The Balaban J connectivity index is 2.17. The molecule has 0 saturated heterocycles. The van der Waals surface area contributed by atoms with Crippen molar-refractivity contribution in [2.24, 2.45) is 23.6 Å². The zero-order valence-electron chi connectivity index (χ0n) is 11.5. The molecule has 1 aromatic rings. The molecular formula is C15H22BrFN2. The van der Waals surface area contributed by atoms with E-state index in [1.807, 2.05) is 6.07 Å². The van der Waals surface area contributed by atoms with Crippen molar-refractivity contribution >= 4 is 15.9 Å². The van der Waals surface area contributed by atoms with E-state index in [0.717, 1.165) is 24.3 Å². The van der Waals surface area contributed by atoms with E-state index in [4.69, 9.17) is 5.84 Å². The summed E-state index contributed by atoms with van der Waals surface area (Å²) in [6.07, 6.45) is 3.52. The van der Waals surface area contributed by atoms with Gasteiger partial charge in [-0.3, -0.25) is 11.3 Å². The number of nitrogens with one attached hydrogen (secondary N) is 1. The summed E-state index contributed by atoms with van der Waals surface area (Å²) in [4.78, 5) is 0. The van der Waals surface area contributed by atoms with Gasteiger partial charge in [-0.25, -0.2) is 4.39 Å². The molecule has 0 bridgehead atoms. The third-order valence-corrected chi connectivity index (χ3v) is 5.24. The van der Waals surface area contributed by atoms with Crippen molar-refractivity contribution in [2.45, 2.75) is 39.2 Å². The van der Waals surface area contributed by atoms with Crippen LogP contribution in [-0.2, 0) is 0 Å². The summed E-state index contributed by atoms with van der Waals surface area (Å²) in [5.41, 5.74) is 3.83. The van der Waals surface area contributed by atoms with E-state index < -0.39 is 0 Å². The van der Waals surface area contributed by atoms with Crippen LogP contribution in [0.4, 0.5) is 4.39 Å². The summed E-state index contributed by atoms with van der Waals surface area (Å²) in [7, 11) is 0. The predicted molar refractivity (Wildman–Crippen MR) is 79.8 cm³/mol. The Morgan fingerprint density at radius 3 is 2.63 bits per heavy atom. The van der Waals surface area contributed by atoms with Gasteiger partial charge in [0.25, 0.3) is 0 Å². The topological polar surface area (TPSA) is 38.0 Å². The van der Waals surface area contributed by atoms with Crippen LogP contribution in [-0.4, -0.2) is 0 Å². The van der Waals surface area contributed by atoms with Crippen molar-refractivity contribution in [3.8, 4) is 0 Å². The minimum Gasteiger partial charge on any atom is -0.271 e. The van der Waals surface area contributed by atoms with Gasteiger partial charge >= 0.3 is 0 Å². The summed E-state index contributed by atoms with van der Waals surface area (Å²) >= 11 is 3.19. The van der Waals surface area contributed by atoms with Crippen LogP contribution >= 0.6 is 15.9 Å². The number of hydrogen-bond donors (Lipinski definition) is 2. The molecule has 0 spiro atoms. The van der Waals surface area contributed by atoms with Crippen molar-refractivity contribution in [1.29, 1.82) is 0 Å². The van der Waals surface area contributed by atoms with Crippen LogP contribution in [0.5, 0.6) is 0 Å². The third kappa shape index (κ3) is 3.36. The maximum atomic E-state index is 13.7. The van der Waals surface area contributed by atoms with Crippen LogP contribution in [0.3, 0.4) is 0 Å². The van der Waals surface area contributed by atoms with Gasteiger partial charge in [-0.2, -0.15) is 0 Å². The van der Waals surface area contributed by atoms with Gasteiger partial charge in [0.2, 0.25) is 0 Å². The van der Waals surface area contributed by atoms with Crippen molar-refractivity contribution in [1.82, 2.24) is 5.43 Å². The number of hydrazine groups is 1. The zero-order valence-corrected chi connectivity index (χ0v) is 13.1. The summed E-state index contributed by atoms with van der Waals surface area (Å²) in [5, 5.41) is 0. The maximum absolute atomic E-state index is 13.7. The van der Waals surface area contributed by atoms with E-state index >= 15 is 0 Å². The highest BCUT2D eigenvalue weighted by Crippen LogP contribution is 2.39. The summed E-state index contributed by atoms with van der Waals surface area (Å²) in [6, 6.07) is 5.32. The van der Waals surface area contributed by atoms with E-state index in [0.29, 0.717) is 16.3 Å². The lowest BCUT2D eigenvalue weighted by atomic mass is 9.72. The molecule has 4 heteroatoms. The van der Waals surface area contributed by atoms with Crippen LogP contribution in [0.25, 0.3) is 0 Å². The molecule has 1 aromatic carbocycles. The molecule has 3 N–H and O–H groups in total. The Morgan fingerprint density at radius 1 is 1.32 bits per heavy atom. The second kappa shape index (κ2) is 6.33. The van der Waals surface area contributed by atoms with Gasteiger partial charge in [0.05, 0.1) is 4.47 Å². The molecule has 1 fully saturated rings. The average Bonchev–Trinajstić information content (AvgIpc) is 2.39. The van der Waals surface area contributed by atoms with Gasteiger partial charge < -0.3 is 0 Å². The Labute approximate surface area is 123 Å². The Morgan fingerprint density at radius 2 is 2.05 bits per heavy atom. The van der Waals surface area contributed by atoms with Gasteiger partial charge in [-0.1, -0.05) is 26.3 Å². The van der Waals surface area contributed by atoms with Crippen molar-refractivity contribution in [3.05, 3.63) is 34.1 Å². The van der Waals surface area contributed by atoms with E-state index in [1.54, 1.807) is 12.1 Å². The fraction of sp³-hybridized carbons (Fsp3) is 0.600. The Kier molecular flexibility index (Phi) is 4.98. The number of rotatable bonds is 3. The second-order valence-corrected chi connectivity index (χ2v) is 6.70. The van der Waals surface area contributed by atoms with Gasteiger partial charge in [0.15, 0.2) is 0 Å². The summed E-state index contributed by atoms with van der Waals surface area (Å²) in [6.45, 7) is 4.61. The fourth-order valence-corrected chi connectivity index (χ4v) is 3.35. The van der Waals surface area contributed by atoms with Crippen LogP contribution in [0.1, 0.15) is 44.7 Å². The van der Waals surface area contributed by atoms with Gasteiger partial charge in [-0.05, 0) is 64.2 Å². The molecule has 0 radical (unpaired) electrons. The van der Waals surface area contributed by atoms with E-state index in [-0.39, 0.29) is 11.9 Å². The fourth-order valence-electron chi connectivity index (χ4n) is 3.10. The normalized spacial score (nSPS) is 29.2. The van der Waals surface area contributed by atoms with Crippen LogP contribution in [0.2, 0.25) is 0 Å². The minimum atomic E-state index is -0.227. The molecule has 0 heterocycles. The average molecular weight is 329 g/mol. The zero-order chi connectivity index (χ0) is 14.0. The van der Waals surface area contributed by atoms with Gasteiger partial charge in [0.1, 0.15) is 5.82 Å². The first-order chi connectivity index (χ1) is 9.02. The molecule has 4 unspecified atom stereocenters. The van der Waals surface area contributed by atoms with Crippen LogP contribution in [0.15, 0.2) is 22.7 Å². The van der Waals surface area contributed by atoms with Crippen molar-refractivity contribution < 1.29 is 4.39 Å². The Bertz CT molecular complexity index is 438. The van der Waals surface area contributed by atoms with E-state index in [2.05, 4.69) is 35.2 Å². The first-order valence-corrected chi connectivity index (χ1v) is 7.73. The first-order valence-electron chi connectivity index (χ1n) is 6.94. The molecule has 0 amide bonds.